The van der Waals surface area contributed by atoms with Crippen LogP contribution in [0.25, 0.3) is 0 Å². The maximum absolute atomic E-state index is 10.8. The van der Waals surface area contributed by atoms with Crippen LogP contribution in [0, 0.1) is 11.3 Å². The van der Waals surface area contributed by atoms with E-state index in [1.807, 2.05) is 6.07 Å². The summed E-state index contributed by atoms with van der Waals surface area (Å²) in [5.74, 6) is -0.127. The lowest BCUT2D eigenvalue weighted by atomic mass is 10.5. The van der Waals surface area contributed by atoms with E-state index in [4.69, 9.17) is 5.26 Å². The number of ether oxygens (including phenoxy) is 1. The quantitative estimate of drug-likeness (QED) is 0.536. The van der Waals surface area contributed by atoms with Gasteiger partial charge in [-0.2, -0.15) is 5.26 Å². The highest BCUT2D eigenvalue weighted by molar-refractivity contribution is 7.99. The van der Waals surface area contributed by atoms with Crippen LogP contribution in [0.3, 0.4) is 0 Å². The summed E-state index contributed by atoms with van der Waals surface area (Å²) in [5, 5.41) is 9.04. The Bertz CT molecular complexity index is 358. The SMILES string of the molecule is COC(=O)CSc1cnc(C#N)cn1. The molecule has 0 N–H and O–H groups in total. The maximum Gasteiger partial charge on any atom is 0.316 e. The van der Waals surface area contributed by atoms with Gasteiger partial charge in [0.2, 0.25) is 0 Å². The van der Waals surface area contributed by atoms with E-state index >= 15 is 0 Å². The van der Waals surface area contributed by atoms with E-state index in [0.717, 1.165) is 0 Å². The fourth-order valence-electron chi connectivity index (χ4n) is 0.640. The van der Waals surface area contributed by atoms with Crippen LogP contribution in [-0.4, -0.2) is 28.8 Å². The molecule has 1 heterocycles. The van der Waals surface area contributed by atoms with Crippen LogP contribution in [0.1, 0.15) is 5.69 Å². The lowest BCUT2D eigenvalue weighted by molar-refractivity contribution is -0.137. The van der Waals surface area contributed by atoms with E-state index in [9.17, 15) is 4.79 Å². The van der Waals surface area contributed by atoms with Crippen molar-refractivity contribution < 1.29 is 9.53 Å². The standard InChI is InChI=1S/C8H7N3O2S/c1-13-8(12)5-14-7-4-10-6(2-9)3-11-7/h3-4H,5H2,1H3. The van der Waals surface area contributed by atoms with Crippen molar-refractivity contribution in [2.24, 2.45) is 0 Å². The van der Waals surface area contributed by atoms with E-state index in [2.05, 4.69) is 14.7 Å². The van der Waals surface area contributed by atoms with Gasteiger partial charge >= 0.3 is 5.97 Å². The maximum atomic E-state index is 10.8. The summed E-state index contributed by atoms with van der Waals surface area (Å²) in [6, 6.07) is 1.86. The normalized spacial score (nSPS) is 9.14. The third kappa shape index (κ3) is 3.03. The molecule has 0 fully saturated rings. The lowest BCUT2D eigenvalue weighted by Crippen LogP contribution is -2.03. The predicted octanol–water partition coefficient (Wildman–Crippen LogP) is 0.613. The first-order valence-electron chi connectivity index (χ1n) is 3.68. The van der Waals surface area contributed by atoms with Crippen molar-refractivity contribution in [2.75, 3.05) is 12.9 Å². The van der Waals surface area contributed by atoms with Crippen molar-refractivity contribution >= 4 is 17.7 Å². The molecule has 14 heavy (non-hydrogen) atoms. The number of aromatic nitrogens is 2. The Balaban J connectivity index is 2.53. The first-order valence-corrected chi connectivity index (χ1v) is 4.66. The van der Waals surface area contributed by atoms with Gasteiger partial charge in [0.1, 0.15) is 11.1 Å². The molecule has 0 aromatic carbocycles. The van der Waals surface area contributed by atoms with E-state index in [0.29, 0.717) is 5.03 Å². The minimum absolute atomic E-state index is 0.192. The number of nitriles is 1. The molecule has 0 saturated carbocycles. The van der Waals surface area contributed by atoms with Crippen LogP contribution in [0.4, 0.5) is 0 Å². The monoisotopic (exact) mass is 209 g/mol. The van der Waals surface area contributed by atoms with E-state index in [1.54, 1.807) is 0 Å². The minimum Gasteiger partial charge on any atom is -0.468 e. The zero-order valence-electron chi connectivity index (χ0n) is 7.43. The van der Waals surface area contributed by atoms with Crippen LogP contribution in [-0.2, 0) is 9.53 Å². The van der Waals surface area contributed by atoms with Gasteiger partial charge in [0, 0.05) is 0 Å². The first-order chi connectivity index (χ1) is 6.76. The highest BCUT2D eigenvalue weighted by Crippen LogP contribution is 2.13. The average molecular weight is 209 g/mol. The number of methoxy groups -OCH3 is 1. The molecular formula is C8H7N3O2S. The largest absolute Gasteiger partial charge is 0.468 e. The second-order valence-electron chi connectivity index (χ2n) is 2.22. The summed E-state index contributed by atoms with van der Waals surface area (Å²) < 4.78 is 4.46. The molecule has 0 aliphatic rings. The van der Waals surface area contributed by atoms with Crippen molar-refractivity contribution in [3.8, 4) is 6.07 Å². The number of hydrogen-bond donors (Lipinski definition) is 0. The van der Waals surface area contributed by atoms with Crippen molar-refractivity contribution in [2.45, 2.75) is 5.03 Å². The molecule has 0 aliphatic heterocycles. The van der Waals surface area contributed by atoms with Crippen LogP contribution in [0.5, 0.6) is 0 Å². The fraction of sp³-hybridized carbons (Fsp3) is 0.250. The molecule has 0 amide bonds. The zero-order chi connectivity index (χ0) is 10.4. The smallest absolute Gasteiger partial charge is 0.316 e. The van der Waals surface area contributed by atoms with Gasteiger partial charge in [0.15, 0.2) is 5.69 Å². The van der Waals surface area contributed by atoms with E-state index in [-0.39, 0.29) is 17.4 Å². The van der Waals surface area contributed by atoms with Crippen molar-refractivity contribution in [3.63, 3.8) is 0 Å². The molecule has 72 valence electrons. The number of thioether (sulfide) groups is 1. The molecule has 0 bridgehead atoms. The molecule has 1 aromatic rings. The van der Waals surface area contributed by atoms with Crippen molar-refractivity contribution in [1.82, 2.24) is 9.97 Å². The minimum atomic E-state index is -0.318. The number of carbonyl (C=O) groups is 1. The molecule has 1 rings (SSSR count). The van der Waals surface area contributed by atoms with Crippen molar-refractivity contribution in [3.05, 3.63) is 18.1 Å². The Labute approximate surface area is 85.1 Å². The Morgan fingerprint density at radius 1 is 1.64 bits per heavy atom. The van der Waals surface area contributed by atoms with Gasteiger partial charge in [-0.15, -0.1) is 0 Å². The van der Waals surface area contributed by atoms with Crippen LogP contribution in [0.15, 0.2) is 17.4 Å². The molecule has 0 unspecified atom stereocenters. The number of hydrogen-bond acceptors (Lipinski definition) is 6. The summed E-state index contributed by atoms with van der Waals surface area (Å²) >= 11 is 1.21. The molecule has 0 spiro atoms. The molecule has 0 saturated heterocycles. The van der Waals surface area contributed by atoms with E-state index < -0.39 is 0 Å². The van der Waals surface area contributed by atoms with Gasteiger partial charge in [-0.1, -0.05) is 11.8 Å². The summed E-state index contributed by atoms with van der Waals surface area (Å²) in [4.78, 5) is 18.5. The van der Waals surface area contributed by atoms with Gasteiger partial charge in [-0.25, -0.2) is 9.97 Å². The second-order valence-corrected chi connectivity index (χ2v) is 3.21. The molecule has 5 nitrogen and oxygen atoms in total. The van der Waals surface area contributed by atoms with E-state index in [1.165, 1.54) is 31.3 Å². The predicted molar refractivity (Wildman–Crippen MR) is 49.5 cm³/mol. The Morgan fingerprint density at radius 2 is 2.43 bits per heavy atom. The molecule has 0 aliphatic carbocycles. The second kappa shape index (κ2) is 5.19. The lowest BCUT2D eigenvalue weighted by Gasteiger charge is -1.98. The fourth-order valence-corrected chi connectivity index (χ4v) is 1.28. The van der Waals surface area contributed by atoms with Gasteiger partial charge in [0.25, 0.3) is 0 Å². The summed E-state index contributed by atoms with van der Waals surface area (Å²) in [6.07, 6.45) is 2.81. The summed E-state index contributed by atoms with van der Waals surface area (Å²) in [5.41, 5.74) is 0.257. The third-order valence-electron chi connectivity index (χ3n) is 1.31. The van der Waals surface area contributed by atoms with Crippen LogP contribution >= 0.6 is 11.8 Å². The number of nitrogens with zero attached hydrogens (tertiary/aromatic N) is 3. The molecule has 0 atom stereocenters. The Morgan fingerprint density at radius 3 is 2.93 bits per heavy atom. The Kier molecular flexibility index (Phi) is 3.88. The summed E-state index contributed by atoms with van der Waals surface area (Å²) in [7, 11) is 1.33. The highest BCUT2D eigenvalue weighted by Gasteiger charge is 2.03. The first kappa shape index (κ1) is 10.5. The van der Waals surface area contributed by atoms with Gasteiger partial charge in [-0.05, 0) is 0 Å². The summed E-state index contributed by atoms with van der Waals surface area (Å²) in [6.45, 7) is 0. The molecule has 6 heteroatoms. The number of rotatable bonds is 3. The molecule has 0 radical (unpaired) electrons. The zero-order valence-corrected chi connectivity index (χ0v) is 8.24. The Hall–Kier alpha value is -1.61. The number of carbonyl (C=O) groups excluding carboxylic acids is 1. The molecular weight excluding hydrogens is 202 g/mol. The third-order valence-corrected chi connectivity index (χ3v) is 2.19. The van der Waals surface area contributed by atoms with Crippen LogP contribution < -0.4 is 0 Å². The van der Waals surface area contributed by atoms with Crippen molar-refractivity contribution in [1.29, 1.82) is 5.26 Å². The highest BCUT2D eigenvalue weighted by atomic mass is 32.2. The van der Waals surface area contributed by atoms with Gasteiger partial charge in [-0.3, -0.25) is 4.79 Å². The topological polar surface area (TPSA) is 75.9 Å². The average Bonchev–Trinajstić information content (AvgIpc) is 2.26. The van der Waals surface area contributed by atoms with Crippen LogP contribution in [0.2, 0.25) is 0 Å². The number of esters is 1. The van der Waals surface area contributed by atoms with Gasteiger partial charge in [0.05, 0.1) is 25.3 Å². The van der Waals surface area contributed by atoms with Gasteiger partial charge < -0.3 is 4.74 Å². The molecule has 1 aromatic heterocycles.